The van der Waals surface area contributed by atoms with Crippen LogP contribution in [0, 0.1) is 0 Å². The van der Waals surface area contributed by atoms with Crippen molar-refractivity contribution in [1.82, 2.24) is 0 Å². The van der Waals surface area contributed by atoms with Crippen molar-refractivity contribution in [2.75, 3.05) is 30.8 Å². The van der Waals surface area contributed by atoms with Gasteiger partial charge in [-0.15, -0.1) is 0 Å². The molecule has 0 amide bonds. The van der Waals surface area contributed by atoms with E-state index in [1.54, 1.807) is 0 Å². The second-order valence-corrected chi connectivity index (χ2v) is 5.34. The highest BCUT2D eigenvalue weighted by molar-refractivity contribution is 5.88. The van der Waals surface area contributed by atoms with E-state index >= 15 is 0 Å². The summed E-state index contributed by atoms with van der Waals surface area (Å²) in [5.41, 5.74) is 7.63. The number of ether oxygens (including phenoxy) is 1. The molecule has 2 N–H and O–H groups in total. The van der Waals surface area contributed by atoms with E-state index < -0.39 is 0 Å². The summed E-state index contributed by atoms with van der Waals surface area (Å²) in [5.74, 6) is 0.934. The largest absolute Gasteiger partial charge is 0.491 e. The monoisotopic (exact) mass is 292 g/mol. The van der Waals surface area contributed by atoms with Gasteiger partial charge in [-0.1, -0.05) is 36.4 Å². The molecule has 22 heavy (non-hydrogen) atoms. The van der Waals surface area contributed by atoms with Crippen LogP contribution in [0.2, 0.25) is 0 Å². The molecule has 0 fully saturated rings. The Bertz CT molecular complexity index is 747. The zero-order chi connectivity index (χ0) is 15.4. The number of rotatable bonds is 5. The Morgan fingerprint density at radius 1 is 0.909 bits per heavy atom. The van der Waals surface area contributed by atoms with Crippen molar-refractivity contribution in [2.45, 2.75) is 0 Å². The molecule has 0 unspecified atom stereocenters. The molecule has 0 radical (unpaired) electrons. The topological polar surface area (TPSA) is 38.5 Å². The summed E-state index contributed by atoms with van der Waals surface area (Å²) < 4.78 is 5.97. The molecule has 0 saturated carbocycles. The van der Waals surface area contributed by atoms with E-state index in [0.29, 0.717) is 6.61 Å². The molecule has 3 aromatic rings. The van der Waals surface area contributed by atoms with Crippen LogP contribution in [-0.4, -0.2) is 20.2 Å². The summed E-state index contributed by atoms with van der Waals surface area (Å²) >= 11 is 0. The zero-order valence-electron chi connectivity index (χ0n) is 12.7. The van der Waals surface area contributed by atoms with Crippen LogP contribution in [0.4, 0.5) is 11.4 Å². The second-order valence-electron chi connectivity index (χ2n) is 5.34. The molecule has 0 atom stereocenters. The number of nitrogens with zero attached hydrogens (tertiary/aromatic N) is 1. The summed E-state index contributed by atoms with van der Waals surface area (Å²) in [6, 6.07) is 22.3. The Balaban J connectivity index is 1.63. The minimum atomic E-state index is 0.634. The predicted molar refractivity (Wildman–Crippen MR) is 93.6 cm³/mol. The molecule has 0 aliphatic carbocycles. The molecule has 112 valence electrons. The molecule has 3 heteroatoms. The summed E-state index contributed by atoms with van der Waals surface area (Å²) in [6.07, 6.45) is 0. The number of anilines is 2. The van der Waals surface area contributed by atoms with E-state index in [0.717, 1.165) is 29.1 Å². The van der Waals surface area contributed by atoms with Gasteiger partial charge in [0.05, 0.1) is 6.54 Å². The Morgan fingerprint density at radius 3 is 2.45 bits per heavy atom. The fourth-order valence-corrected chi connectivity index (χ4v) is 2.47. The lowest BCUT2D eigenvalue weighted by Crippen LogP contribution is -2.23. The van der Waals surface area contributed by atoms with Crippen LogP contribution in [0.15, 0.2) is 66.7 Å². The van der Waals surface area contributed by atoms with Gasteiger partial charge in [-0.25, -0.2) is 0 Å². The standard InChI is InChI=1S/C19H20N2O/c1-21(17-11-9-16(20)10-12-17)13-14-22-19-8-4-6-15-5-2-3-7-18(15)19/h2-12H,13-14,20H2,1H3. The number of fused-ring (bicyclic) bond motifs is 1. The van der Waals surface area contributed by atoms with Gasteiger partial charge in [0.25, 0.3) is 0 Å². The number of benzene rings is 3. The van der Waals surface area contributed by atoms with Crippen LogP contribution in [0.3, 0.4) is 0 Å². The van der Waals surface area contributed by atoms with Gasteiger partial charge in [0, 0.05) is 23.8 Å². The molecule has 3 aromatic carbocycles. The minimum absolute atomic E-state index is 0.634. The van der Waals surface area contributed by atoms with Gasteiger partial charge in [-0.05, 0) is 35.7 Å². The van der Waals surface area contributed by atoms with Crippen LogP contribution in [-0.2, 0) is 0 Å². The Kier molecular flexibility index (Phi) is 4.15. The molecule has 0 bridgehead atoms. The molecule has 0 heterocycles. The Labute approximate surface area is 130 Å². The summed E-state index contributed by atoms with van der Waals surface area (Å²) in [6.45, 7) is 1.45. The minimum Gasteiger partial charge on any atom is -0.491 e. The smallest absolute Gasteiger partial charge is 0.127 e. The first-order valence-corrected chi connectivity index (χ1v) is 7.41. The zero-order valence-corrected chi connectivity index (χ0v) is 12.7. The fraction of sp³-hybridized carbons (Fsp3) is 0.158. The molecular weight excluding hydrogens is 272 g/mol. The number of nitrogen functional groups attached to an aromatic ring is 1. The maximum atomic E-state index is 5.97. The first-order chi connectivity index (χ1) is 10.7. The van der Waals surface area contributed by atoms with Crippen molar-refractivity contribution in [3.8, 4) is 5.75 Å². The maximum absolute atomic E-state index is 5.97. The molecule has 3 nitrogen and oxygen atoms in total. The second kappa shape index (κ2) is 6.39. The third-order valence-corrected chi connectivity index (χ3v) is 3.77. The first-order valence-electron chi connectivity index (χ1n) is 7.41. The van der Waals surface area contributed by atoms with Gasteiger partial charge in [0.2, 0.25) is 0 Å². The van der Waals surface area contributed by atoms with Crippen molar-refractivity contribution in [3.05, 3.63) is 66.7 Å². The molecule has 0 aliphatic rings. The number of hydrogen-bond acceptors (Lipinski definition) is 3. The van der Waals surface area contributed by atoms with E-state index in [9.17, 15) is 0 Å². The summed E-state index contributed by atoms with van der Waals surface area (Å²) in [4.78, 5) is 2.16. The van der Waals surface area contributed by atoms with E-state index in [1.165, 1.54) is 5.39 Å². The van der Waals surface area contributed by atoms with Gasteiger partial charge >= 0.3 is 0 Å². The summed E-state index contributed by atoms with van der Waals surface area (Å²) in [7, 11) is 2.05. The van der Waals surface area contributed by atoms with E-state index in [2.05, 4.69) is 30.1 Å². The molecule has 0 aromatic heterocycles. The number of nitrogens with two attached hydrogens (primary N) is 1. The van der Waals surface area contributed by atoms with Gasteiger partial charge in [-0.2, -0.15) is 0 Å². The average molecular weight is 292 g/mol. The van der Waals surface area contributed by atoms with Crippen LogP contribution >= 0.6 is 0 Å². The highest BCUT2D eigenvalue weighted by Gasteiger charge is 2.03. The van der Waals surface area contributed by atoms with Crippen LogP contribution < -0.4 is 15.4 Å². The van der Waals surface area contributed by atoms with Crippen molar-refractivity contribution in [3.63, 3.8) is 0 Å². The SMILES string of the molecule is CN(CCOc1cccc2ccccc12)c1ccc(N)cc1. The lowest BCUT2D eigenvalue weighted by molar-refractivity contribution is 0.330. The van der Waals surface area contributed by atoms with E-state index in [4.69, 9.17) is 10.5 Å². The highest BCUT2D eigenvalue weighted by Crippen LogP contribution is 2.25. The third-order valence-electron chi connectivity index (χ3n) is 3.77. The lowest BCUT2D eigenvalue weighted by Gasteiger charge is -2.20. The lowest BCUT2D eigenvalue weighted by atomic mass is 10.1. The van der Waals surface area contributed by atoms with Crippen molar-refractivity contribution in [1.29, 1.82) is 0 Å². The van der Waals surface area contributed by atoms with Gasteiger partial charge in [-0.3, -0.25) is 0 Å². The third kappa shape index (κ3) is 3.14. The molecule has 0 aliphatic heterocycles. The van der Waals surface area contributed by atoms with Crippen molar-refractivity contribution >= 4 is 22.1 Å². The predicted octanol–water partition coefficient (Wildman–Crippen LogP) is 3.94. The number of hydrogen-bond donors (Lipinski definition) is 1. The molecular formula is C19H20N2O. The molecule has 0 spiro atoms. The highest BCUT2D eigenvalue weighted by atomic mass is 16.5. The normalized spacial score (nSPS) is 10.6. The number of likely N-dealkylation sites (N-methyl/N-ethyl adjacent to an activating group) is 1. The van der Waals surface area contributed by atoms with Crippen LogP contribution in [0.25, 0.3) is 10.8 Å². The molecule has 3 rings (SSSR count). The van der Waals surface area contributed by atoms with Crippen LogP contribution in [0.1, 0.15) is 0 Å². The van der Waals surface area contributed by atoms with E-state index in [-0.39, 0.29) is 0 Å². The van der Waals surface area contributed by atoms with Gasteiger partial charge < -0.3 is 15.4 Å². The Hall–Kier alpha value is -2.68. The van der Waals surface area contributed by atoms with Crippen LogP contribution in [0.5, 0.6) is 5.75 Å². The fourth-order valence-electron chi connectivity index (χ4n) is 2.47. The molecule has 0 saturated heterocycles. The van der Waals surface area contributed by atoms with E-state index in [1.807, 2.05) is 48.5 Å². The maximum Gasteiger partial charge on any atom is 0.127 e. The average Bonchev–Trinajstić information content (AvgIpc) is 2.55. The summed E-state index contributed by atoms with van der Waals surface area (Å²) in [5, 5.41) is 2.35. The van der Waals surface area contributed by atoms with Gasteiger partial charge in [0.1, 0.15) is 12.4 Å². The van der Waals surface area contributed by atoms with Crippen molar-refractivity contribution in [2.24, 2.45) is 0 Å². The first kappa shape index (κ1) is 14.3. The Morgan fingerprint density at radius 2 is 1.64 bits per heavy atom. The quantitative estimate of drug-likeness (QED) is 0.724. The van der Waals surface area contributed by atoms with Crippen molar-refractivity contribution < 1.29 is 4.74 Å². The van der Waals surface area contributed by atoms with Gasteiger partial charge in [0.15, 0.2) is 0 Å².